The van der Waals surface area contributed by atoms with Gasteiger partial charge in [0.15, 0.2) is 5.82 Å². The molecular weight excluding hydrogens is 252 g/mol. The third-order valence-corrected chi connectivity index (χ3v) is 2.92. The molecule has 1 aromatic carbocycles. The van der Waals surface area contributed by atoms with Gasteiger partial charge in [-0.25, -0.2) is 5.84 Å². The topological polar surface area (TPSA) is 73.1 Å². The Hall–Kier alpha value is -2.14. The van der Waals surface area contributed by atoms with E-state index < -0.39 is 0 Å². The van der Waals surface area contributed by atoms with E-state index in [0.717, 1.165) is 11.3 Å². The van der Waals surface area contributed by atoms with Crippen LogP contribution in [0.5, 0.6) is 11.6 Å². The zero-order valence-electron chi connectivity index (χ0n) is 12.3. The largest absolute Gasteiger partial charge is 0.437 e. The molecular formula is C15H20N4O. The van der Waals surface area contributed by atoms with E-state index in [0.29, 0.717) is 11.7 Å². The van der Waals surface area contributed by atoms with Crippen molar-refractivity contribution in [2.75, 3.05) is 5.43 Å². The Morgan fingerprint density at radius 2 is 1.95 bits per heavy atom. The molecule has 0 bridgehead atoms. The minimum Gasteiger partial charge on any atom is -0.437 e. The van der Waals surface area contributed by atoms with Crippen LogP contribution in [0.1, 0.15) is 31.9 Å². The van der Waals surface area contributed by atoms with E-state index in [1.165, 1.54) is 11.8 Å². The summed E-state index contributed by atoms with van der Waals surface area (Å²) in [6, 6.07) is 6.11. The maximum Gasteiger partial charge on any atom is 0.239 e. The van der Waals surface area contributed by atoms with Gasteiger partial charge in [0.25, 0.3) is 0 Å². The van der Waals surface area contributed by atoms with E-state index in [1.807, 2.05) is 12.1 Å². The van der Waals surface area contributed by atoms with Crippen LogP contribution < -0.4 is 16.0 Å². The highest BCUT2D eigenvalue weighted by atomic mass is 16.5. The summed E-state index contributed by atoms with van der Waals surface area (Å²) in [6.45, 7) is 8.52. The minimum atomic E-state index is -0.0154. The predicted molar refractivity (Wildman–Crippen MR) is 79.8 cm³/mol. The first-order valence-corrected chi connectivity index (χ1v) is 6.48. The van der Waals surface area contributed by atoms with Crippen molar-refractivity contribution in [3.8, 4) is 11.6 Å². The summed E-state index contributed by atoms with van der Waals surface area (Å²) >= 11 is 0. The van der Waals surface area contributed by atoms with Gasteiger partial charge in [0.05, 0.1) is 12.4 Å². The lowest BCUT2D eigenvalue weighted by Gasteiger charge is -2.23. The zero-order chi connectivity index (χ0) is 14.8. The van der Waals surface area contributed by atoms with Crippen LogP contribution in [-0.4, -0.2) is 9.97 Å². The number of hydrogen-bond donors (Lipinski definition) is 2. The Bertz CT molecular complexity index is 605. The van der Waals surface area contributed by atoms with Gasteiger partial charge in [0.1, 0.15) is 5.75 Å². The molecule has 0 atom stereocenters. The lowest BCUT2D eigenvalue weighted by atomic mass is 9.85. The Balaban J connectivity index is 2.38. The van der Waals surface area contributed by atoms with Crippen LogP contribution in [0, 0.1) is 6.92 Å². The van der Waals surface area contributed by atoms with Crippen molar-refractivity contribution in [2.24, 2.45) is 5.84 Å². The number of hydrogen-bond acceptors (Lipinski definition) is 5. The van der Waals surface area contributed by atoms with Crippen LogP contribution in [0.25, 0.3) is 0 Å². The van der Waals surface area contributed by atoms with Crippen molar-refractivity contribution in [3.63, 3.8) is 0 Å². The van der Waals surface area contributed by atoms with Crippen LogP contribution in [-0.2, 0) is 5.41 Å². The summed E-state index contributed by atoms with van der Waals surface area (Å²) in [5.41, 5.74) is 4.77. The third kappa shape index (κ3) is 3.24. The van der Waals surface area contributed by atoms with Crippen LogP contribution >= 0.6 is 0 Å². The second kappa shape index (κ2) is 5.46. The Kier molecular flexibility index (Phi) is 3.90. The number of rotatable bonds is 3. The lowest BCUT2D eigenvalue weighted by molar-refractivity contribution is 0.438. The van der Waals surface area contributed by atoms with E-state index in [1.54, 1.807) is 6.20 Å². The molecule has 5 nitrogen and oxygen atoms in total. The molecule has 2 aromatic rings. The Morgan fingerprint density at radius 3 is 2.60 bits per heavy atom. The first-order chi connectivity index (χ1) is 9.40. The number of hydrazine groups is 1. The van der Waals surface area contributed by atoms with Gasteiger partial charge in [0.2, 0.25) is 5.88 Å². The SMILES string of the molecule is Cc1ccc(Oc2cncc(NN)n2)c(C(C)(C)C)c1. The fourth-order valence-corrected chi connectivity index (χ4v) is 1.90. The minimum absolute atomic E-state index is 0.0154. The quantitative estimate of drug-likeness (QED) is 0.663. The van der Waals surface area contributed by atoms with Crippen LogP contribution in [0.3, 0.4) is 0 Å². The molecule has 20 heavy (non-hydrogen) atoms. The molecule has 0 radical (unpaired) electrons. The average molecular weight is 272 g/mol. The normalized spacial score (nSPS) is 11.2. The number of nitrogens with one attached hydrogen (secondary N) is 1. The van der Waals surface area contributed by atoms with E-state index in [4.69, 9.17) is 10.6 Å². The standard InChI is InChI=1S/C15H20N4O/c1-10-5-6-12(11(7-10)15(2,3)4)20-14-9-17-8-13(18-14)19-16/h5-9H,16H2,1-4H3,(H,18,19). The third-order valence-electron chi connectivity index (χ3n) is 2.92. The molecule has 0 aliphatic rings. The number of aryl methyl sites for hydroxylation is 1. The molecule has 5 heteroatoms. The number of nitrogens with zero attached hydrogens (tertiary/aromatic N) is 2. The molecule has 1 aromatic heterocycles. The molecule has 3 N–H and O–H groups in total. The molecule has 0 amide bonds. The van der Waals surface area contributed by atoms with Crippen LogP contribution in [0.4, 0.5) is 5.82 Å². The van der Waals surface area contributed by atoms with Crippen molar-refractivity contribution >= 4 is 5.82 Å². The van der Waals surface area contributed by atoms with Gasteiger partial charge in [-0.2, -0.15) is 4.98 Å². The van der Waals surface area contributed by atoms with Crippen molar-refractivity contribution in [1.29, 1.82) is 0 Å². The molecule has 2 rings (SSSR count). The van der Waals surface area contributed by atoms with Crippen LogP contribution in [0.15, 0.2) is 30.6 Å². The number of benzene rings is 1. The maximum absolute atomic E-state index is 5.86. The van der Waals surface area contributed by atoms with Gasteiger partial charge in [-0.3, -0.25) is 4.98 Å². The molecule has 0 spiro atoms. The Labute approximate surface area is 119 Å². The first-order valence-electron chi connectivity index (χ1n) is 6.48. The van der Waals surface area contributed by atoms with Gasteiger partial charge in [-0.05, 0) is 18.4 Å². The monoisotopic (exact) mass is 272 g/mol. The van der Waals surface area contributed by atoms with Gasteiger partial charge >= 0.3 is 0 Å². The number of ether oxygens (including phenoxy) is 1. The van der Waals surface area contributed by atoms with Gasteiger partial charge < -0.3 is 10.2 Å². The van der Waals surface area contributed by atoms with Crippen molar-refractivity contribution in [1.82, 2.24) is 9.97 Å². The summed E-state index contributed by atoms with van der Waals surface area (Å²) in [5, 5.41) is 0. The van der Waals surface area contributed by atoms with Gasteiger partial charge in [-0.1, -0.05) is 38.5 Å². The van der Waals surface area contributed by atoms with Crippen molar-refractivity contribution in [3.05, 3.63) is 41.7 Å². The summed E-state index contributed by atoms with van der Waals surface area (Å²) in [6.07, 6.45) is 3.10. The van der Waals surface area contributed by atoms with E-state index in [-0.39, 0.29) is 5.41 Å². The summed E-state index contributed by atoms with van der Waals surface area (Å²) in [5.74, 6) is 6.98. The molecule has 0 aliphatic carbocycles. The highest BCUT2D eigenvalue weighted by Gasteiger charge is 2.19. The lowest BCUT2D eigenvalue weighted by Crippen LogP contribution is -2.13. The number of aromatic nitrogens is 2. The molecule has 0 fully saturated rings. The maximum atomic E-state index is 5.86. The number of anilines is 1. The molecule has 0 aliphatic heterocycles. The predicted octanol–water partition coefficient (Wildman–Crippen LogP) is 3.16. The molecule has 106 valence electrons. The second-order valence-electron chi connectivity index (χ2n) is 5.74. The summed E-state index contributed by atoms with van der Waals surface area (Å²) < 4.78 is 5.86. The number of nitrogen functional groups attached to an aromatic ring is 1. The van der Waals surface area contributed by atoms with Gasteiger partial charge in [-0.15, -0.1) is 0 Å². The fourth-order valence-electron chi connectivity index (χ4n) is 1.90. The second-order valence-corrected chi connectivity index (χ2v) is 5.74. The highest BCUT2D eigenvalue weighted by molar-refractivity contribution is 5.43. The smallest absolute Gasteiger partial charge is 0.239 e. The van der Waals surface area contributed by atoms with Crippen molar-refractivity contribution in [2.45, 2.75) is 33.1 Å². The molecule has 0 saturated heterocycles. The summed E-state index contributed by atoms with van der Waals surface area (Å²) in [7, 11) is 0. The van der Waals surface area contributed by atoms with E-state index >= 15 is 0 Å². The molecule has 0 saturated carbocycles. The van der Waals surface area contributed by atoms with Crippen LogP contribution in [0.2, 0.25) is 0 Å². The fraction of sp³-hybridized carbons (Fsp3) is 0.333. The average Bonchev–Trinajstić information content (AvgIpc) is 2.40. The van der Waals surface area contributed by atoms with E-state index in [2.05, 4.69) is 49.2 Å². The van der Waals surface area contributed by atoms with Crippen molar-refractivity contribution < 1.29 is 4.74 Å². The van der Waals surface area contributed by atoms with Gasteiger partial charge in [0, 0.05) is 5.56 Å². The Morgan fingerprint density at radius 1 is 1.20 bits per heavy atom. The van der Waals surface area contributed by atoms with E-state index in [9.17, 15) is 0 Å². The first kappa shape index (κ1) is 14.3. The highest BCUT2D eigenvalue weighted by Crippen LogP contribution is 2.34. The molecule has 0 unspecified atom stereocenters. The summed E-state index contributed by atoms with van der Waals surface area (Å²) in [4.78, 5) is 8.24. The number of nitrogens with two attached hydrogens (primary N) is 1. The zero-order valence-corrected chi connectivity index (χ0v) is 12.3. The molecule has 1 heterocycles.